The van der Waals surface area contributed by atoms with Crippen molar-refractivity contribution >= 4 is 28.3 Å². The Morgan fingerprint density at radius 2 is 1.80 bits per heavy atom. The Bertz CT molecular complexity index is 429. The first kappa shape index (κ1) is 14.6. The number of anilines is 1. The normalized spacial score (nSPS) is 30.9. The first-order chi connectivity index (χ1) is 9.84. The van der Waals surface area contributed by atoms with Crippen LogP contribution in [0.4, 0.5) is 5.69 Å². The largest absolute Gasteiger partial charge is 0.381 e. The molecule has 0 amide bonds. The number of hydrogen-bond donors (Lipinski definition) is 2. The second-order valence-electron chi connectivity index (χ2n) is 6.24. The summed E-state index contributed by atoms with van der Waals surface area (Å²) in [5.41, 5.74) is 1.32. The van der Waals surface area contributed by atoms with E-state index >= 15 is 0 Å². The highest BCUT2D eigenvalue weighted by Gasteiger charge is 2.32. The van der Waals surface area contributed by atoms with Crippen LogP contribution in [0, 0.1) is 9.49 Å². The maximum absolute atomic E-state index is 3.85. The fourth-order valence-corrected chi connectivity index (χ4v) is 4.39. The van der Waals surface area contributed by atoms with E-state index in [4.69, 9.17) is 0 Å². The number of benzene rings is 1. The first-order valence-electron chi connectivity index (χ1n) is 8.09. The lowest BCUT2D eigenvalue weighted by atomic mass is 9.77. The van der Waals surface area contributed by atoms with E-state index in [0.717, 1.165) is 12.0 Å². The third-order valence-electron chi connectivity index (χ3n) is 4.90. The third kappa shape index (κ3) is 3.48. The summed E-state index contributed by atoms with van der Waals surface area (Å²) in [4.78, 5) is 0. The topological polar surface area (TPSA) is 24.1 Å². The van der Waals surface area contributed by atoms with E-state index in [1.54, 1.807) is 0 Å². The number of hydrogen-bond acceptors (Lipinski definition) is 2. The van der Waals surface area contributed by atoms with E-state index in [0.29, 0.717) is 6.04 Å². The highest BCUT2D eigenvalue weighted by molar-refractivity contribution is 14.1. The lowest BCUT2D eigenvalue weighted by Crippen LogP contribution is -2.48. The van der Waals surface area contributed by atoms with Crippen LogP contribution in [0.2, 0.25) is 0 Å². The van der Waals surface area contributed by atoms with Crippen LogP contribution >= 0.6 is 22.6 Å². The Morgan fingerprint density at radius 3 is 2.60 bits per heavy atom. The van der Waals surface area contributed by atoms with Crippen molar-refractivity contribution in [2.24, 2.45) is 5.92 Å². The van der Waals surface area contributed by atoms with Crippen LogP contribution in [0.5, 0.6) is 0 Å². The molecular weight excluding hydrogens is 359 g/mol. The molecule has 1 aromatic carbocycles. The summed E-state index contributed by atoms with van der Waals surface area (Å²) in [6.07, 6.45) is 9.64. The number of nitrogens with one attached hydrogen (secondary N) is 2. The zero-order valence-corrected chi connectivity index (χ0v) is 14.2. The molecule has 20 heavy (non-hydrogen) atoms. The standard InChI is InChI=1S/C17H25IN2/c18-14-8-2-4-11-17(14)20-16-10-3-1-7-13(16)15-9-5-6-12-19-15/h2,4,8,11,13,15-16,19-20H,1,3,5-7,9-10,12H2. The van der Waals surface area contributed by atoms with Crippen molar-refractivity contribution in [2.45, 2.75) is 57.0 Å². The van der Waals surface area contributed by atoms with Crippen molar-refractivity contribution in [3.8, 4) is 0 Å². The molecule has 0 spiro atoms. The van der Waals surface area contributed by atoms with E-state index in [9.17, 15) is 0 Å². The maximum atomic E-state index is 3.85. The Morgan fingerprint density at radius 1 is 1.00 bits per heavy atom. The summed E-state index contributed by atoms with van der Waals surface area (Å²) in [5, 5.41) is 7.63. The highest BCUT2D eigenvalue weighted by Crippen LogP contribution is 2.33. The van der Waals surface area contributed by atoms with Crippen molar-refractivity contribution < 1.29 is 0 Å². The second kappa shape index (κ2) is 7.12. The molecule has 2 aliphatic rings. The van der Waals surface area contributed by atoms with Crippen LogP contribution in [0.1, 0.15) is 44.9 Å². The van der Waals surface area contributed by atoms with Gasteiger partial charge in [0.2, 0.25) is 0 Å². The van der Waals surface area contributed by atoms with E-state index in [2.05, 4.69) is 57.5 Å². The van der Waals surface area contributed by atoms with Crippen LogP contribution in [0.15, 0.2) is 24.3 Å². The Hall–Kier alpha value is -0.290. The maximum Gasteiger partial charge on any atom is 0.0478 e. The molecule has 1 aromatic rings. The van der Waals surface area contributed by atoms with Gasteiger partial charge < -0.3 is 10.6 Å². The van der Waals surface area contributed by atoms with Gasteiger partial charge in [-0.15, -0.1) is 0 Å². The molecule has 0 bridgehead atoms. The molecule has 3 unspecified atom stereocenters. The molecule has 1 aliphatic carbocycles. The molecule has 3 atom stereocenters. The van der Waals surface area contributed by atoms with Gasteiger partial charge in [-0.05, 0) is 72.9 Å². The summed E-state index contributed by atoms with van der Waals surface area (Å²) in [7, 11) is 0. The predicted molar refractivity (Wildman–Crippen MR) is 94.2 cm³/mol. The lowest BCUT2D eigenvalue weighted by Gasteiger charge is -2.40. The Kier molecular flexibility index (Phi) is 5.21. The van der Waals surface area contributed by atoms with E-state index in [1.165, 1.54) is 60.7 Å². The monoisotopic (exact) mass is 384 g/mol. The van der Waals surface area contributed by atoms with Gasteiger partial charge >= 0.3 is 0 Å². The predicted octanol–water partition coefficient (Wildman–Crippen LogP) is 4.40. The molecule has 0 radical (unpaired) electrons. The van der Waals surface area contributed by atoms with Crippen LogP contribution in [-0.4, -0.2) is 18.6 Å². The first-order valence-corrected chi connectivity index (χ1v) is 9.17. The minimum Gasteiger partial charge on any atom is -0.381 e. The zero-order valence-electron chi connectivity index (χ0n) is 12.1. The molecule has 2 fully saturated rings. The Balaban J connectivity index is 1.70. The number of para-hydroxylation sites is 1. The van der Waals surface area contributed by atoms with Gasteiger partial charge in [0, 0.05) is 21.3 Å². The average molecular weight is 384 g/mol. The molecular formula is C17H25IN2. The minimum atomic E-state index is 0.648. The van der Waals surface area contributed by atoms with Crippen LogP contribution in [-0.2, 0) is 0 Å². The van der Waals surface area contributed by atoms with Gasteiger partial charge in [-0.25, -0.2) is 0 Å². The third-order valence-corrected chi connectivity index (χ3v) is 5.84. The molecule has 1 aliphatic heterocycles. The highest BCUT2D eigenvalue weighted by atomic mass is 127. The van der Waals surface area contributed by atoms with Gasteiger partial charge in [-0.2, -0.15) is 0 Å². The SMILES string of the molecule is Ic1ccccc1NC1CCCCC1C1CCCCN1. The Labute approximate surface area is 136 Å². The summed E-state index contributed by atoms with van der Waals surface area (Å²) >= 11 is 2.44. The van der Waals surface area contributed by atoms with Crippen LogP contribution in [0.3, 0.4) is 0 Å². The van der Waals surface area contributed by atoms with Gasteiger partial charge in [0.15, 0.2) is 0 Å². The molecule has 2 nitrogen and oxygen atoms in total. The summed E-state index contributed by atoms with van der Waals surface area (Å²) < 4.78 is 1.34. The average Bonchev–Trinajstić information content (AvgIpc) is 2.51. The van der Waals surface area contributed by atoms with Crippen molar-refractivity contribution in [3.05, 3.63) is 27.8 Å². The van der Waals surface area contributed by atoms with E-state index in [1.807, 2.05) is 0 Å². The van der Waals surface area contributed by atoms with Crippen molar-refractivity contribution in [1.82, 2.24) is 5.32 Å². The fourth-order valence-electron chi connectivity index (χ4n) is 3.84. The molecule has 3 rings (SSSR count). The number of rotatable bonds is 3. The second-order valence-corrected chi connectivity index (χ2v) is 7.40. The quantitative estimate of drug-likeness (QED) is 0.755. The van der Waals surface area contributed by atoms with Gasteiger partial charge in [-0.3, -0.25) is 0 Å². The van der Waals surface area contributed by atoms with Crippen molar-refractivity contribution in [1.29, 1.82) is 0 Å². The minimum absolute atomic E-state index is 0.648. The molecule has 1 heterocycles. The summed E-state index contributed by atoms with van der Waals surface area (Å²) in [6.45, 7) is 1.22. The smallest absolute Gasteiger partial charge is 0.0478 e. The molecule has 3 heteroatoms. The van der Waals surface area contributed by atoms with Crippen molar-refractivity contribution in [3.63, 3.8) is 0 Å². The van der Waals surface area contributed by atoms with Crippen LogP contribution in [0.25, 0.3) is 0 Å². The van der Waals surface area contributed by atoms with Crippen LogP contribution < -0.4 is 10.6 Å². The molecule has 1 saturated carbocycles. The molecule has 0 aromatic heterocycles. The summed E-state index contributed by atoms with van der Waals surface area (Å²) in [5.74, 6) is 0.806. The summed E-state index contributed by atoms with van der Waals surface area (Å²) in [6, 6.07) is 10.1. The zero-order chi connectivity index (χ0) is 13.8. The van der Waals surface area contributed by atoms with E-state index in [-0.39, 0.29) is 0 Å². The van der Waals surface area contributed by atoms with Crippen molar-refractivity contribution in [2.75, 3.05) is 11.9 Å². The van der Waals surface area contributed by atoms with Gasteiger partial charge in [-0.1, -0.05) is 31.4 Å². The van der Waals surface area contributed by atoms with Gasteiger partial charge in [0.05, 0.1) is 0 Å². The van der Waals surface area contributed by atoms with Gasteiger partial charge in [0.25, 0.3) is 0 Å². The number of halogens is 1. The molecule has 110 valence electrons. The van der Waals surface area contributed by atoms with E-state index < -0.39 is 0 Å². The molecule has 2 N–H and O–H groups in total. The van der Waals surface area contributed by atoms with Gasteiger partial charge in [0.1, 0.15) is 0 Å². The fraction of sp³-hybridized carbons (Fsp3) is 0.647. The lowest BCUT2D eigenvalue weighted by molar-refractivity contribution is 0.217. The molecule has 1 saturated heterocycles. The number of piperidine rings is 1.